The highest BCUT2D eigenvalue weighted by atomic mass is 16.5. The highest BCUT2D eigenvalue weighted by Crippen LogP contribution is 2.48. The lowest BCUT2D eigenvalue weighted by Gasteiger charge is -2.19. The van der Waals surface area contributed by atoms with E-state index in [1.54, 1.807) is 0 Å². The van der Waals surface area contributed by atoms with Crippen LogP contribution in [0.15, 0.2) is 78.9 Å². The maximum Gasteiger partial charge on any atom is 0.228 e. The van der Waals surface area contributed by atoms with Gasteiger partial charge >= 0.3 is 0 Å². The summed E-state index contributed by atoms with van der Waals surface area (Å²) in [7, 11) is 0. The van der Waals surface area contributed by atoms with Gasteiger partial charge in [-0.1, -0.05) is 75.4 Å². The normalized spacial score (nSPS) is 16.9. The molecule has 1 aliphatic carbocycles. The number of carbonyl (C=O) groups is 1. The number of para-hydroxylation sites is 1. The number of hydrogen-bond acceptors (Lipinski definition) is 3. The molecule has 5 nitrogen and oxygen atoms in total. The number of carbonyl (C=O) groups excluding carboxylic acids is 1. The van der Waals surface area contributed by atoms with Crippen LogP contribution in [-0.2, 0) is 16.8 Å². The van der Waals surface area contributed by atoms with Crippen LogP contribution in [0, 0.1) is 19.8 Å². The molecule has 0 aliphatic heterocycles. The zero-order chi connectivity index (χ0) is 26.2. The van der Waals surface area contributed by atoms with Gasteiger partial charge in [0.15, 0.2) is 0 Å². The highest BCUT2D eigenvalue weighted by molar-refractivity contribution is 5.96. The third-order valence-electron chi connectivity index (χ3n) is 7.17. The number of benzene rings is 3. The summed E-state index contributed by atoms with van der Waals surface area (Å²) in [6.45, 7) is 11.2. The molecule has 1 saturated carbocycles. The van der Waals surface area contributed by atoms with Crippen molar-refractivity contribution in [2.45, 2.75) is 58.9 Å². The lowest BCUT2D eigenvalue weighted by Crippen LogP contribution is -2.16. The molecule has 37 heavy (non-hydrogen) atoms. The molecule has 1 fully saturated rings. The Balaban J connectivity index is 1.24. The van der Waals surface area contributed by atoms with Crippen molar-refractivity contribution in [3.8, 4) is 11.5 Å². The van der Waals surface area contributed by atoms with Crippen LogP contribution in [0.5, 0.6) is 11.5 Å². The lowest BCUT2D eigenvalue weighted by atomic mass is 9.86. The Labute approximate surface area is 219 Å². The fourth-order valence-corrected chi connectivity index (χ4v) is 4.84. The molecular formula is C32H35N3O2. The first-order chi connectivity index (χ1) is 17.7. The van der Waals surface area contributed by atoms with E-state index in [2.05, 4.69) is 56.4 Å². The second-order valence-electron chi connectivity index (χ2n) is 11.1. The predicted octanol–water partition coefficient (Wildman–Crippen LogP) is 7.38. The number of ether oxygens (including phenoxy) is 1. The Morgan fingerprint density at radius 2 is 1.68 bits per heavy atom. The predicted molar refractivity (Wildman–Crippen MR) is 148 cm³/mol. The van der Waals surface area contributed by atoms with Gasteiger partial charge < -0.3 is 10.1 Å². The van der Waals surface area contributed by atoms with E-state index >= 15 is 0 Å². The Morgan fingerprint density at radius 1 is 0.973 bits per heavy atom. The first kappa shape index (κ1) is 24.8. The summed E-state index contributed by atoms with van der Waals surface area (Å²) in [5.41, 5.74) is 6.36. The monoisotopic (exact) mass is 493 g/mol. The standard InChI is InChI=1S/C32H35N3O2/c1-21-30(33-31(36)29-19-28(29)24-14-16-25(17-15-24)32(3,4)5)22(2)35(34-21)20-23-10-9-13-27(18-23)37-26-11-7-6-8-12-26/h6-18,28-29H,19-20H2,1-5H3,(H,33,36). The molecule has 5 rings (SSSR count). The molecule has 0 spiro atoms. The topological polar surface area (TPSA) is 56.1 Å². The maximum absolute atomic E-state index is 13.1. The zero-order valence-corrected chi connectivity index (χ0v) is 22.3. The van der Waals surface area contributed by atoms with E-state index in [9.17, 15) is 4.79 Å². The molecule has 1 aromatic heterocycles. The van der Waals surface area contributed by atoms with E-state index in [-0.39, 0.29) is 23.2 Å². The van der Waals surface area contributed by atoms with Gasteiger partial charge in [0.1, 0.15) is 11.5 Å². The Hall–Kier alpha value is -3.86. The molecular weight excluding hydrogens is 458 g/mol. The average molecular weight is 494 g/mol. The molecule has 0 radical (unpaired) electrons. The molecule has 5 heteroatoms. The number of nitrogens with one attached hydrogen (secondary N) is 1. The summed E-state index contributed by atoms with van der Waals surface area (Å²) in [4.78, 5) is 13.1. The second-order valence-corrected chi connectivity index (χ2v) is 11.1. The molecule has 4 aromatic rings. The summed E-state index contributed by atoms with van der Waals surface area (Å²) in [5, 5.41) is 7.90. The lowest BCUT2D eigenvalue weighted by molar-refractivity contribution is -0.117. The van der Waals surface area contributed by atoms with Crippen molar-refractivity contribution in [3.63, 3.8) is 0 Å². The van der Waals surface area contributed by atoms with Crippen molar-refractivity contribution >= 4 is 11.6 Å². The smallest absolute Gasteiger partial charge is 0.228 e. The van der Waals surface area contributed by atoms with Gasteiger partial charge in [0, 0.05) is 5.92 Å². The van der Waals surface area contributed by atoms with Crippen LogP contribution in [0.1, 0.15) is 61.2 Å². The molecule has 2 atom stereocenters. The van der Waals surface area contributed by atoms with E-state index in [0.29, 0.717) is 6.54 Å². The first-order valence-corrected chi connectivity index (χ1v) is 13.0. The molecule has 0 saturated heterocycles. The third kappa shape index (κ3) is 5.61. The van der Waals surface area contributed by atoms with Crippen LogP contribution in [0.4, 0.5) is 5.69 Å². The molecule has 190 valence electrons. The fourth-order valence-electron chi connectivity index (χ4n) is 4.84. The molecule has 1 amide bonds. The van der Waals surface area contributed by atoms with Crippen molar-refractivity contribution in [1.29, 1.82) is 0 Å². The number of amides is 1. The number of nitrogens with zero attached hydrogens (tertiary/aromatic N) is 2. The zero-order valence-electron chi connectivity index (χ0n) is 22.3. The summed E-state index contributed by atoms with van der Waals surface area (Å²) >= 11 is 0. The van der Waals surface area contributed by atoms with Gasteiger partial charge in [-0.25, -0.2) is 0 Å². The van der Waals surface area contributed by atoms with Gasteiger partial charge in [0.25, 0.3) is 0 Å². The van der Waals surface area contributed by atoms with Crippen molar-refractivity contribution in [1.82, 2.24) is 9.78 Å². The molecule has 1 N–H and O–H groups in total. The Bertz CT molecular complexity index is 1400. The SMILES string of the molecule is Cc1nn(Cc2cccc(Oc3ccccc3)c2)c(C)c1NC(=O)C1CC1c1ccc(C(C)(C)C)cc1. The quantitative estimate of drug-likeness (QED) is 0.292. The molecule has 0 bridgehead atoms. The van der Waals surface area contributed by atoms with Crippen LogP contribution in [-0.4, -0.2) is 15.7 Å². The number of anilines is 1. The van der Waals surface area contributed by atoms with Crippen LogP contribution in [0.25, 0.3) is 0 Å². The van der Waals surface area contributed by atoms with Gasteiger partial charge in [-0.2, -0.15) is 5.10 Å². The van der Waals surface area contributed by atoms with E-state index in [1.807, 2.05) is 67.1 Å². The molecule has 1 aliphatic rings. The van der Waals surface area contributed by atoms with Crippen molar-refractivity contribution in [2.75, 3.05) is 5.32 Å². The summed E-state index contributed by atoms with van der Waals surface area (Å²) in [5.74, 6) is 1.97. The maximum atomic E-state index is 13.1. The highest BCUT2D eigenvalue weighted by Gasteiger charge is 2.44. The van der Waals surface area contributed by atoms with E-state index < -0.39 is 0 Å². The Morgan fingerprint density at radius 3 is 2.38 bits per heavy atom. The summed E-state index contributed by atoms with van der Waals surface area (Å²) in [6, 6.07) is 26.5. The third-order valence-corrected chi connectivity index (χ3v) is 7.17. The van der Waals surface area contributed by atoms with E-state index in [0.717, 1.165) is 40.6 Å². The summed E-state index contributed by atoms with van der Waals surface area (Å²) in [6.07, 6.45) is 0.890. The minimum atomic E-state index is 0.00875. The average Bonchev–Trinajstić information content (AvgIpc) is 3.63. The Kier molecular flexibility index (Phi) is 6.63. The fraction of sp³-hybridized carbons (Fsp3) is 0.312. The number of aromatic nitrogens is 2. The van der Waals surface area contributed by atoms with E-state index in [1.165, 1.54) is 11.1 Å². The summed E-state index contributed by atoms with van der Waals surface area (Å²) < 4.78 is 7.93. The van der Waals surface area contributed by atoms with Crippen molar-refractivity contribution in [2.24, 2.45) is 5.92 Å². The van der Waals surface area contributed by atoms with Gasteiger partial charge in [0.05, 0.1) is 23.6 Å². The number of hydrogen-bond donors (Lipinski definition) is 1. The van der Waals surface area contributed by atoms with Crippen molar-refractivity contribution in [3.05, 3.63) is 107 Å². The molecule has 1 heterocycles. The largest absolute Gasteiger partial charge is 0.457 e. The van der Waals surface area contributed by atoms with E-state index in [4.69, 9.17) is 9.84 Å². The molecule has 3 aromatic carbocycles. The first-order valence-electron chi connectivity index (χ1n) is 13.0. The molecule has 2 unspecified atom stereocenters. The minimum absolute atomic E-state index is 0.00875. The van der Waals surface area contributed by atoms with Crippen molar-refractivity contribution < 1.29 is 9.53 Å². The minimum Gasteiger partial charge on any atom is -0.457 e. The number of rotatable bonds is 7. The van der Waals surface area contributed by atoms with Gasteiger partial charge in [-0.3, -0.25) is 9.48 Å². The van der Waals surface area contributed by atoms with Crippen LogP contribution >= 0.6 is 0 Å². The number of aryl methyl sites for hydroxylation is 1. The van der Waals surface area contributed by atoms with Crippen LogP contribution in [0.3, 0.4) is 0 Å². The van der Waals surface area contributed by atoms with Crippen LogP contribution in [0.2, 0.25) is 0 Å². The van der Waals surface area contributed by atoms with Gasteiger partial charge in [-0.05, 0) is 72.6 Å². The van der Waals surface area contributed by atoms with Crippen LogP contribution < -0.4 is 10.1 Å². The van der Waals surface area contributed by atoms with Gasteiger partial charge in [0.2, 0.25) is 5.91 Å². The van der Waals surface area contributed by atoms with Gasteiger partial charge in [-0.15, -0.1) is 0 Å². The second kappa shape index (κ2) is 9.89.